The van der Waals surface area contributed by atoms with Gasteiger partial charge in [0.25, 0.3) is 0 Å². The molecule has 2 aromatic heterocycles. The third kappa shape index (κ3) is 9.99. The Labute approximate surface area is 435 Å². The quantitative estimate of drug-likeness (QED) is 0.162. The van der Waals surface area contributed by atoms with Crippen LogP contribution in [0.1, 0.15) is 115 Å². The van der Waals surface area contributed by atoms with Crippen molar-refractivity contribution in [2.45, 2.75) is 112 Å². The van der Waals surface area contributed by atoms with E-state index in [0.29, 0.717) is 17.0 Å². The summed E-state index contributed by atoms with van der Waals surface area (Å²) in [6.07, 6.45) is 1.80. The minimum Gasteiger partial charge on any atom is -0.507 e. The molecule has 4 nitrogen and oxygen atoms in total. The van der Waals surface area contributed by atoms with Gasteiger partial charge < -0.3 is 5.11 Å². The molecule has 1 N–H and O–H groups in total. The number of phenols is 1. The van der Waals surface area contributed by atoms with Crippen LogP contribution in [0.15, 0.2) is 158 Å². The first-order valence-corrected chi connectivity index (χ1v) is 24.1. The number of phenolic OH excluding ortho intramolecular Hbond substituents is 1. The molecule has 0 saturated carbocycles. The first-order valence-electron chi connectivity index (χ1n) is 25.6. The third-order valence-corrected chi connectivity index (χ3v) is 13.4. The number of rotatable bonds is 7. The minimum absolute atomic E-state index is 0. The molecule has 9 rings (SSSR count). The fourth-order valence-corrected chi connectivity index (χ4v) is 9.20. The van der Waals surface area contributed by atoms with Gasteiger partial charge in [0.05, 0.1) is 22.3 Å². The second-order valence-electron chi connectivity index (χ2n) is 22.7. The van der Waals surface area contributed by atoms with Crippen molar-refractivity contribution in [3.63, 3.8) is 0 Å². The van der Waals surface area contributed by atoms with E-state index < -0.39 is 6.85 Å². The number of hydrogen-bond acceptors (Lipinski definition) is 3. The number of aromatic hydroxyl groups is 1. The van der Waals surface area contributed by atoms with Gasteiger partial charge in [-0.05, 0) is 91.7 Å². The number of nitrogens with zero attached hydrogens (tertiary/aromatic N) is 3. The van der Waals surface area contributed by atoms with E-state index >= 15 is 0 Å². The molecule has 0 saturated heterocycles. The molecule has 358 valence electrons. The zero-order valence-electron chi connectivity index (χ0n) is 45.6. The van der Waals surface area contributed by atoms with E-state index in [9.17, 15) is 5.11 Å². The second kappa shape index (κ2) is 18.8. The molecular formula is C65H66N3OPt-. The third-order valence-electron chi connectivity index (χ3n) is 13.4. The first-order chi connectivity index (χ1) is 33.8. The molecule has 0 unspecified atom stereocenters. The van der Waals surface area contributed by atoms with E-state index in [-0.39, 0.29) is 48.5 Å². The minimum atomic E-state index is -2.19. The maximum Gasteiger partial charge on any atom is 0.148 e. The Morgan fingerprint density at radius 1 is 0.500 bits per heavy atom. The summed E-state index contributed by atoms with van der Waals surface area (Å²) in [5.41, 5.74) is 16.4. The Kier molecular flexibility index (Phi) is 12.3. The maximum absolute atomic E-state index is 12.7. The predicted molar refractivity (Wildman–Crippen MR) is 292 cm³/mol. The van der Waals surface area contributed by atoms with Crippen molar-refractivity contribution in [2.24, 2.45) is 0 Å². The average Bonchev–Trinajstić information content (AvgIpc) is 3.72. The maximum atomic E-state index is 12.7. The Bertz CT molecular complexity index is 3470. The number of imidazole rings is 1. The van der Waals surface area contributed by atoms with Gasteiger partial charge in [0.15, 0.2) is 0 Å². The molecule has 0 atom stereocenters. The SMILES string of the molecule is [2H]C([2H])([2H])c1ccc(-c2ccnc(-c3[c-]c(-c4cccc5c4nc(-c4cc(C(C)(C)C)cc(C(C)(C)C)c4O)n5-c4cc(C(C)(C)C)ccc4-c4ccc(C(C)(C)C)cc4)cc(-c4ccccc4)c3)c2)cc1.[Pt]. The van der Waals surface area contributed by atoms with E-state index in [4.69, 9.17) is 14.1 Å². The summed E-state index contributed by atoms with van der Waals surface area (Å²) in [6.45, 7) is 24.4. The number of hydrogen-bond donors (Lipinski definition) is 1. The zero-order chi connectivity index (χ0) is 51.7. The topological polar surface area (TPSA) is 50.9 Å². The summed E-state index contributed by atoms with van der Waals surface area (Å²) in [6, 6.07) is 55.9. The Morgan fingerprint density at radius 2 is 1.13 bits per heavy atom. The van der Waals surface area contributed by atoms with E-state index in [2.05, 4.69) is 191 Å². The molecule has 2 heterocycles. The van der Waals surface area contributed by atoms with Crippen molar-refractivity contribution in [3.05, 3.63) is 192 Å². The summed E-state index contributed by atoms with van der Waals surface area (Å²) < 4.78 is 26.0. The largest absolute Gasteiger partial charge is 0.507 e. The van der Waals surface area contributed by atoms with Crippen LogP contribution in [0.4, 0.5) is 0 Å². The molecule has 0 aliphatic heterocycles. The number of fused-ring (bicyclic) bond motifs is 1. The van der Waals surface area contributed by atoms with E-state index in [1.165, 1.54) is 11.1 Å². The van der Waals surface area contributed by atoms with Crippen LogP contribution in [0, 0.1) is 12.9 Å². The molecule has 7 aromatic carbocycles. The van der Waals surface area contributed by atoms with Crippen LogP contribution >= 0.6 is 0 Å². The van der Waals surface area contributed by atoms with Gasteiger partial charge in [0.2, 0.25) is 0 Å². The molecule has 0 bridgehead atoms. The van der Waals surface area contributed by atoms with Crippen LogP contribution in [-0.2, 0) is 42.7 Å². The van der Waals surface area contributed by atoms with Gasteiger partial charge in [-0.15, -0.1) is 23.8 Å². The predicted octanol–water partition coefficient (Wildman–Crippen LogP) is 17.4. The van der Waals surface area contributed by atoms with Crippen LogP contribution in [0.5, 0.6) is 5.75 Å². The fourth-order valence-electron chi connectivity index (χ4n) is 9.20. The summed E-state index contributed by atoms with van der Waals surface area (Å²) in [4.78, 5) is 10.6. The van der Waals surface area contributed by atoms with Crippen molar-refractivity contribution in [1.82, 2.24) is 14.5 Å². The van der Waals surface area contributed by atoms with Crippen LogP contribution in [0.3, 0.4) is 0 Å². The molecule has 0 fully saturated rings. The summed E-state index contributed by atoms with van der Waals surface area (Å²) in [5.74, 6) is 0.860. The molecule has 9 aromatic rings. The summed E-state index contributed by atoms with van der Waals surface area (Å²) >= 11 is 0. The second-order valence-corrected chi connectivity index (χ2v) is 22.7. The molecule has 0 spiro atoms. The standard InChI is InChI=1S/C65H66N3O.Pt/c1-41-22-24-43(25-23-41)45-32-33-66-56(37-45)48-35-46(42-18-15-14-16-19-42)34-47(36-48)53-20-17-21-57-59(53)67-61(54-38-51(64(8,9)10)39-55(60(54)69)65(11,12)13)68(57)58-40-50(63(5,6)7)30-31-52(58)44-26-28-49(29-27-44)62(2,3)4;/h14-35,37-40,69H,1-13H3;/q-1;/i1D3;. The Balaban J connectivity index is 0.00000711. The Hall–Kier alpha value is -6.35. The normalized spacial score (nSPS) is 13.1. The van der Waals surface area contributed by atoms with E-state index in [1.54, 1.807) is 18.3 Å². The van der Waals surface area contributed by atoms with Gasteiger partial charge in [-0.3, -0.25) is 9.55 Å². The van der Waals surface area contributed by atoms with Crippen LogP contribution < -0.4 is 0 Å². The molecule has 0 aliphatic rings. The van der Waals surface area contributed by atoms with Crippen molar-refractivity contribution in [1.29, 1.82) is 0 Å². The fraction of sp³-hybridized carbons (Fsp3) is 0.262. The van der Waals surface area contributed by atoms with Gasteiger partial charge in [0.1, 0.15) is 11.6 Å². The number of aryl methyl sites for hydroxylation is 1. The van der Waals surface area contributed by atoms with E-state index in [1.807, 2.05) is 42.5 Å². The van der Waals surface area contributed by atoms with Crippen molar-refractivity contribution >= 4 is 11.0 Å². The number of para-hydroxylation sites is 1. The molecule has 5 heteroatoms. The van der Waals surface area contributed by atoms with Gasteiger partial charge in [0, 0.05) is 48.2 Å². The number of benzene rings is 7. The van der Waals surface area contributed by atoms with E-state index in [0.717, 1.165) is 83.6 Å². The molecular weight excluding hydrogens is 1030 g/mol. The first kappa shape index (κ1) is 46.1. The molecule has 70 heavy (non-hydrogen) atoms. The van der Waals surface area contributed by atoms with Crippen molar-refractivity contribution < 1.29 is 30.3 Å². The van der Waals surface area contributed by atoms with Crippen LogP contribution in [0.2, 0.25) is 0 Å². The molecule has 0 aliphatic carbocycles. The van der Waals surface area contributed by atoms with Gasteiger partial charge in [-0.25, -0.2) is 4.98 Å². The van der Waals surface area contributed by atoms with Crippen molar-refractivity contribution in [3.8, 4) is 78.6 Å². The van der Waals surface area contributed by atoms with Crippen molar-refractivity contribution in [2.75, 3.05) is 0 Å². The number of pyridine rings is 1. The Morgan fingerprint density at radius 3 is 1.77 bits per heavy atom. The van der Waals surface area contributed by atoms with Gasteiger partial charge >= 0.3 is 0 Å². The molecule has 0 radical (unpaired) electrons. The average molecular weight is 1100 g/mol. The summed E-state index contributed by atoms with van der Waals surface area (Å²) in [5, 5.41) is 12.7. The van der Waals surface area contributed by atoms with Crippen LogP contribution in [-0.4, -0.2) is 19.6 Å². The molecule has 0 amide bonds. The summed E-state index contributed by atoms with van der Waals surface area (Å²) in [7, 11) is 0. The van der Waals surface area contributed by atoms with Gasteiger partial charge in [-0.1, -0.05) is 221 Å². The number of aromatic nitrogens is 3. The smallest absolute Gasteiger partial charge is 0.148 e. The monoisotopic (exact) mass is 1100 g/mol. The zero-order valence-corrected chi connectivity index (χ0v) is 44.9. The van der Waals surface area contributed by atoms with Gasteiger partial charge in [-0.2, -0.15) is 0 Å². The van der Waals surface area contributed by atoms with Crippen LogP contribution in [0.25, 0.3) is 83.9 Å².